The molecule has 0 saturated heterocycles. The van der Waals surface area contributed by atoms with Crippen LogP contribution in [0.3, 0.4) is 0 Å². The number of hydrogen-bond donors (Lipinski definition) is 1. The van der Waals surface area contributed by atoms with Crippen LogP contribution >= 0.6 is 0 Å². The van der Waals surface area contributed by atoms with Crippen LogP contribution < -0.4 is 5.43 Å². The third-order valence-electron chi connectivity index (χ3n) is 1.25. The molecule has 0 aliphatic rings. The number of halogens is 3. The number of anilines is 1. The summed E-state index contributed by atoms with van der Waals surface area (Å²) < 4.78 is 35.9. The molecule has 0 saturated carbocycles. The molecule has 7 heteroatoms. The van der Waals surface area contributed by atoms with E-state index in [0.717, 1.165) is 12.1 Å². The summed E-state index contributed by atoms with van der Waals surface area (Å²) >= 11 is 0. The number of aromatic nitrogens is 1. The van der Waals surface area contributed by atoms with Crippen molar-refractivity contribution in [1.82, 2.24) is 4.98 Å². The first-order valence-electron chi connectivity index (χ1n) is 3.15. The fourth-order valence-corrected chi connectivity index (χ4v) is 0.674. The molecule has 4 nitrogen and oxygen atoms in total. The van der Waals surface area contributed by atoms with Gasteiger partial charge in [0, 0.05) is 6.20 Å². The maximum absolute atomic E-state index is 12.0. The van der Waals surface area contributed by atoms with Crippen LogP contribution in [0.4, 0.5) is 19.0 Å². The number of pyridine rings is 1. The molecule has 1 N–H and O–H groups in total. The Morgan fingerprint density at radius 3 is 2.46 bits per heavy atom. The zero-order valence-corrected chi connectivity index (χ0v) is 6.17. The molecular weight excluding hydrogens is 187 g/mol. The Morgan fingerprint density at radius 1 is 1.38 bits per heavy atom. The van der Waals surface area contributed by atoms with Crippen LogP contribution in [0.1, 0.15) is 5.56 Å². The first-order valence-corrected chi connectivity index (χ1v) is 3.15. The van der Waals surface area contributed by atoms with E-state index < -0.39 is 11.7 Å². The number of nitrogens with one attached hydrogen (secondary N) is 1. The average Bonchev–Trinajstić information content (AvgIpc) is 2.04. The third kappa shape index (κ3) is 2.39. The lowest BCUT2D eigenvalue weighted by molar-refractivity contribution is -0.137. The predicted molar refractivity (Wildman–Crippen MR) is 38.7 cm³/mol. The van der Waals surface area contributed by atoms with Crippen LogP contribution in [0, 0.1) is 4.91 Å². The van der Waals surface area contributed by atoms with E-state index in [0.29, 0.717) is 6.20 Å². The number of hydrogen-bond acceptors (Lipinski definition) is 3. The van der Waals surface area contributed by atoms with Gasteiger partial charge in [-0.3, -0.25) is 0 Å². The van der Waals surface area contributed by atoms with Crippen LogP contribution in [-0.2, 0) is 6.18 Å². The van der Waals surface area contributed by atoms with Gasteiger partial charge in [0.1, 0.15) is 5.82 Å². The number of alkyl halides is 3. The molecule has 0 fully saturated rings. The van der Waals surface area contributed by atoms with Crippen molar-refractivity contribution in [3.63, 3.8) is 0 Å². The van der Waals surface area contributed by atoms with Gasteiger partial charge < -0.3 is 0 Å². The second-order valence-corrected chi connectivity index (χ2v) is 2.13. The van der Waals surface area contributed by atoms with Crippen LogP contribution in [0.2, 0.25) is 0 Å². The van der Waals surface area contributed by atoms with E-state index in [1.165, 1.54) is 0 Å². The first kappa shape index (κ1) is 9.43. The van der Waals surface area contributed by atoms with Crippen LogP contribution in [-0.4, -0.2) is 4.98 Å². The van der Waals surface area contributed by atoms with E-state index in [4.69, 9.17) is 0 Å². The monoisotopic (exact) mass is 191 g/mol. The lowest BCUT2D eigenvalue weighted by Gasteiger charge is -2.05. The Bertz CT molecular complexity index is 295. The average molecular weight is 191 g/mol. The Morgan fingerprint density at radius 2 is 2.08 bits per heavy atom. The summed E-state index contributed by atoms with van der Waals surface area (Å²) in [5, 5.41) is 2.25. The standard InChI is InChI=1S/C6H4F3N3O/c7-6(8,9)4-1-2-5(10-3-4)11-12-13/h1-3H,(H,10,11,13). The van der Waals surface area contributed by atoms with Gasteiger partial charge in [-0.1, -0.05) is 0 Å². The summed E-state index contributed by atoms with van der Waals surface area (Å²) in [5.41, 5.74) is 1.01. The minimum atomic E-state index is -4.42. The predicted octanol–water partition coefficient (Wildman–Crippen LogP) is 2.19. The highest BCUT2D eigenvalue weighted by atomic mass is 19.4. The molecule has 0 aliphatic carbocycles. The molecule has 0 aromatic carbocycles. The molecule has 0 bridgehead atoms. The summed E-state index contributed by atoms with van der Waals surface area (Å²) in [6, 6.07) is 1.82. The van der Waals surface area contributed by atoms with Gasteiger partial charge in [0.05, 0.1) is 10.8 Å². The fraction of sp³-hybridized carbons (Fsp3) is 0.167. The van der Waals surface area contributed by atoms with Crippen molar-refractivity contribution in [2.45, 2.75) is 6.18 Å². The Labute approximate surface area is 70.7 Å². The van der Waals surface area contributed by atoms with E-state index in [1.807, 2.05) is 5.43 Å². The molecule has 1 heterocycles. The van der Waals surface area contributed by atoms with E-state index in [1.54, 1.807) is 0 Å². The smallest absolute Gasteiger partial charge is 0.237 e. The minimum Gasteiger partial charge on any atom is -0.237 e. The molecule has 13 heavy (non-hydrogen) atoms. The zero-order chi connectivity index (χ0) is 9.90. The van der Waals surface area contributed by atoms with Gasteiger partial charge in [-0.05, 0) is 12.1 Å². The molecule has 1 aromatic rings. The lowest BCUT2D eigenvalue weighted by atomic mass is 10.3. The van der Waals surface area contributed by atoms with E-state index >= 15 is 0 Å². The zero-order valence-electron chi connectivity index (χ0n) is 6.17. The molecule has 1 aromatic heterocycles. The van der Waals surface area contributed by atoms with Gasteiger partial charge in [-0.25, -0.2) is 10.4 Å². The Balaban J connectivity index is 2.87. The highest BCUT2D eigenvalue weighted by Gasteiger charge is 2.30. The van der Waals surface area contributed by atoms with E-state index in [-0.39, 0.29) is 5.82 Å². The number of nitroso groups, excluding NO2 is 1. The first-order chi connectivity index (χ1) is 6.04. The highest BCUT2D eigenvalue weighted by Crippen LogP contribution is 2.28. The van der Waals surface area contributed by atoms with Crippen molar-refractivity contribution in [1.29, 1.82) is 0 Å². The van der Waals surface area contributed by atoms with Crippen LogP contribution in [0.15, 0.2) is 23.6 Å². The van der Waals surface area contributed by atoms with Gasteiger partial charge >= 0.3 is 6.18 Å². The summed E-state index contributed by atoms with van der Waals surface area (Å²) in [6.45, 7) is 0. The van der Waals surface area contributed by atoms with Gasteiger partial charge in [-0.2, -0.15) is 13.2 Å². The number of rotatable bonds is 2. The van der Waals surface area contributed by atoms with Crippen molar-refractivity contribution in [2.75, 3.05) is 5.43 Å². The van der Waals surface area contributed by atoms with Crippen molar-refractivity contribution >= 4 is 5.82 Å². The lowest BCUT2D eigenvalue weighted by Crippen LogP contribution is -2.05. The molecular formula is C6H4F3N3O. The summed E-state index contributed by atoms with van der Waals surface area (Å²) in [4.78, 5) is 12.9. The molecule has 0 atom stereocenters. The summed E-state index contributed by atoms with van der Waals surface area (Å²) in [6.07, 6.45) is -3.80. The van der Waals surface area contributed by atoms with Gasteiger partial charge in [-0.15, -0.1) is 4.91 Å². The largest absolute Gasteiger partial charge is 0.417 e. The maximum Gasteiger partial charge on any atom is 0.417 e. The van der Waals surface area contributed by atoms with Crippen molar-refractivity contribution in [2.24, 2.45) is 5.29 Å². The second kappa shape index (κ2) is 3.38. The molecule has 0 radical (unpaired) electrons. The molecule has 0 amide bonds. The van der Waals surface area contributed by atoms with Crippen LogP contribution in [0.5, 0.6) is 0 Å². The van der Waals surface area contributed by atoms with E-state index in [2.05, 4.69) is 10.3 Å². The fourth-order valence-electron chi connectivity index (χ4n) is 0.674. The molecule has 1 rings (SSSR count). The number of nitrogens with zero attached hydrogens (tertiary/aromatic N) is 2. The maximum atomic E-state index is 12.0. The SMILES string of the molecule is O=NNc1ccc(C(F)(F)F)cn1. The highest BCUT2D eigenvalue weighted by molar-refractivity contribution is 5.34. The third-order valence-corrected chi connectivity index (χ3v) is 1.25. The van der Waals surface area contributed by atoms with Crippen molar-refractivity contribution < 1.29 is 13.2 Å². The summed E-state index contributed by atoms with van der Waals surface area (Å²) in [7, 11) is 0. The molecule has 0 spiro atoms. The topological polar surface area (TPSA) is 54.4 Å². The van der Waals surface area contributed by atoms with Gasteiger partial charge in [0.2, 0.25) is 0 Å². The van der Waals surface area contributed by atoms with Crippen LogP contribution in [0.25, 0.3) is 0 Å². The Hall–Kier alpha value is -1.66. The molecule has 0 aliphatic heterocycles. The minimum absolute atomic E-state index is 0.0250. The van der Waals surface area contributed by atoms with Crippen molar-refractivity contribution in [3.05, 3.63) is 28.8 Å². The van der Waals surface area contributed by atoms with Crippen molar-refractivity contribution in [3.8, 4) is 0 Å². The van der Waals surface area contributed by atoms with E-state index in [9.17, 15) is 18.1 Å². The Kier molecular flexibility index (Phi) is 2.45. The normalized spacial score (nSPS) is 11.0. The molecule has 0 unspecified atom stereocenters. The van der Waals surface area contributed by atoms with Gasteiger partial charge in [0.25, 0.3) is 0 Å². The second-order valence-electron chi connectivity index (χ2n) is 2.13. The van der Waals surface area contributed by atoms with Gasteiger partial charge in [0.15, 0.2) is 0 Å². The summed E-state index contributed by atoms with van der Waals surface area (Å²) in [5.74, 6) is -0.0250. The molecule has 70 valence electrons. The quantitative estimate of drug-likeness (QED) is 0.575.